The molecule has 0 N–H and O–H groups in total. The van der Waals surface area contributed by atoms with Crippen molar-refractivity contribution in [2.45, 2.75) is 33.3 Å². The molecule has 1 heterocycles. The van der Waals surface area contributed by atoms with E-state index in [1.807, 2.05) is 24.3 Å². The minimum Gasteiger partial charge on any atom is -0.493 e. The molecule has 168 valence electrons. The molecule has 32 heavy (non-hydrogen) atoms. The molecule has 0 bridgehead atoms. The molecule has 0 aliphatic rings. The summed E-state index contributed by atoms with van der Waals surface area (Å²) in [7, 11) is 1.35. The van der Waals surface area contributed by atoms with E-state index in [0.29, 0.717) is 11.7 Å². The number of methoxy groups -OCH3 is 1. The maximum Gasteiger partial charge on any atom is 0.345 e. The van der Waals surface area contributed by atoms with Crippen LogP contribution in [0.25, 0.3) is 11.4 Å². The molecular weight excluding hydrogens is 418 g/mol. The van der Waals surface area contributed by atoms with Crippen molar-refractivity contribution in [3.05, 3.63) is 63.5 Å². The van der Waals surface area contributed by atoms with Gasteiger partial charge < -0.3 is 18.7 Å². The summed E-state index contributed by atoms with van der Waals surface area (Å²) < 4.78 is 20.8. The molecule has 0 aliphatic heterocycles. The van der Waals surface area contributed by atoms with Crippen molar-refractivity contribution in [1.82, 2.24) is 10.1 Å². The lowest BCUT2D eigenvalue weighted by atomic mass is 10.0. The summed E-state index contributed by atoms with van der Waals surface area (Å²) in [5.74, 6) is 0.205. The first-order chi connectivity index (χ1) is 15.3. The number of nitrogens with zero attached hydrogens (tertiary/aromatic N) is 3. The first kappa shape index (κ1) is 22.7. The number of aromatic nitrogens is 2. The van der Waals surface area contributed by atoms with E-state index in [2.05, 4.69) is 24.0 Å². The average molecular weight is 441 g/mol. The minimum absolute atomic E-state index is 0.0579. The number of carbonyl (C=O) groups is 1. The largest absolute Gasteiger partial charge is 0.493 e. The number of nitro benzene ring substituents is 1. The predicted molar refractivity (Wildman–Crippen MR) is 114 cm³/mol. The van der Waals surface area contributed by atoms with E-state index in [-0.39, 0.29) is 36.2 Å². The van der Waals surface area contributed by atoms with Gasteiger partial charge >= 0.3 is 5.97 Å². The van der Waals surface area contributed by atoms with Crippen LogP contribution in [0, 0.1) is 10.1 Å². The molecule has 0 radical (unpaired) electrons. The smallest absolute Gasteiger partial charge is 0.345 e. The number of hydrogen-bond donors (Lipinski definition) is 0. The van der Waals surface area contributed by atoms with E-state index in [0.717, 1.165) is 11.6 Å². The highest BCUT2D eigenvalue weighted by atomic mass is 16.6. The van der Waals surface area contributed by atoms with Crippen LogP contribution in [-0.4, -0.2) is 34.7 Å². The Kier molecular flexibility index (Phi) is 7.04. The van der Waals surface area contributed by atoms with Crippen molar-refractivity contribution in [2.24, 2.45) is 0 Å². The lowest BCUT2D eigenvalue weighted by Crippen LogP contribution is -2.10. The summed E-state index contributed by atoms with van der Waals surface area (Å²) in [4.78, 5) is 27.5. The van der Waals surface area contributed by atoms with Crippen molar-refractivity contribution in [1.29, 1.82) is 0 Å². The number of benzene rings is 2. The van der Waals surface area contributed by atoms with Gasteiger partial charge in [-0.1, -0.05) is 43.3 Å². The zero-order valence-electron chi connectivity index (χ0n) is 18.2. The third kappa shape index (κ3) is 5.02. The summed E-state index contributed by atoms with van der Waals surface area (Å²) in [5, 5.41) is 15.3. The fraction of sp³-hybridized carbons (Fsp3) is 0.318. The molecule has 3 rings (SSSR count). The summed E-state index contributed by atoms with van der Waals surface area (Å²) in [6, 6.07) is 10.1. The fourth-order valence-corrected chi connectivity index (χ4v) is 2.94. The van der Waals surface area contributed by atoms with Crippen LogP contribution in [-0.2, 0) is 11.3 Å². The van der Waals surface area contributed by atoms with Gasteiger partial charge in [0.2, 0.25) is 5.82 Å². The molecule has 3 aromatic rings. The highest BCUT2D eigenvalue weighted by Crippen LogP contribution is 2.35. The summed E-state index contributed by atoms with van der Waals surface area (Å²) in [6.07, 6.45) is 0. The Morgan fingerprint density at radius 3 is 2.50 bits per heavy atom. The minimum atomic E-state index is -0.929. The van der Waals surface area contributed by atoms with Gasteiger partial charge in [-0.25, -0.2) is 4.79 Å². The Bertz CT molecular complexity index is 1110. The zero-order chi connectivity index (χ0) is 23.3. The van der Waals surface area contributed by atoms with E-state index < -0.39 is 16.6 Å². The molecule has 0 spiro atoms. The van der Waals surface area contributed by atoms with Crippen molar-refractivity contribution in [2.75, 3.05) is 13.7 Å². The zero-order valence-corrected chi connectivity index (χ0v) is 18.2. The number of carbonyl (C=O) groups excluding carboxylic acids is 1. The Labute approximate surface area is 184 Å². The number of ether oxygens (including phenoxy) is 3. The molecule has 1 aromatic heterocycles. The highest BCUT2D eigenvalue weighted by Gasteiger charge is 2.26. The predicted octanol–water partition coefficient (Wildman–Crippen LogP) is 4.53. The quantitative estimate of drug-likeness (QED) is 0.267. The molecule has 2 aromatic carbocycles. The average Bonchev–Trinajstić information content (AvgIpc) is 3.26. The van der Waals surface area contributed by atoms with Crippen LogP contribution in [0.4, 0.5) is 5.69 Å². The van der Waals surface area contributed by atoms with Crippen molar-refractivity contribution < 1.29 is 28.5 Å². The third-order valence-electron chi connectivity index (χ3n) is 4.63. The van der Waals surface area contributed by atoms with Crippen LogP contribution in [0.1, 0.15) is 48.5 Å². The van der Waals surface area contributed by atoms with Crippen LogP contribution >= 0.6 is 0 Å². The van der Waals surface area contributed by atoms with Crippen LogP contribution in [0.3, 0.4) is 0 Å². The first-order valence-electron chi connectivity index (χ1n) is 9.93. The van der Waals surface area contributed by atoms with E-state index in [1.54, 1.807) is 6.92 Å². The summed E-state index contributed by atoms with van der Waals surface area (Å²) in [5.41, 5.74) is 1.19. The maximum absolute atomic E-state index is 12.6. The van der Waals surface area contributed by atoms with Gasteiger partial charge in [-0.05, 0) is 18.4 Å². The lowest BCUT2D eigenvalue weighted by Gasteiger charge is -2.11. The van der Waals surface area contributed by atoms with Crippen LogP contribution < -0.4 is 9.47 Å². The second kappa shape index (κ2) is 9.90. The Balaban J connectivity index is 1.76. The second-order valence-corrected chi connectivity index (χ2v) is 7.07. The number of rotatable bonds is 9. The monoisotopic (exact) mass is 441 g/mol. The molecule has 0 fully saturated rings. The topological polar surface area (TPSA) is 127 Å². The van der Waals surface area contributed by atoms with Crippen LogP contribution in [0.2, 0.25) is 0 Å². The number of nitro groups is 1. The van der Waals surface area contributed by atoms with Gasteiger partial charge in [0.15, 0.2) is 18.1 Å². The lowest BCUT2D eigenvalue weighted by molar-refractivity contribution is -0.385. The molecule has 0 aliphatic carbocycles. The normalized spacial score (nSPS) is 10.8. The Morgan fingerprint density at radius 2 is 1.91 bits per heavy atom. The van der Waals surface area contributed by atoms with Gasteiger partial charge in [0, 0.05) is 11.6 Å². The summed E-state index contributed by atoms with van der Waals surface area (Å²) >= 11 is 0. The molecule has 0 saturated carbocycles. The summed E-state index contributed by atoms with van der Waals surface area (Å²) in [6.45, 7) is 5.87. The van der Waals surface area contributed by atoms with Gasteiger partial charge in [0.25, 0.3) is 11.6 Å². The van der Waals surface area contributed by atoms with E-state index in [4.69, 9.17) is 18.7 Å². The molecule has 10 heteroatoms. The molecule has 0 unspecified atom stereocenters. The van der Waals surface area contributed by atoms with Gasteiger partial charge in [0.05, 0.1) is 24.7 Å². The fourth-order valence-electron chi connectivity index (χ4n) is 2.94. The van der Waals surface area contributed by atoms with Gasteiger partial charge in [-0.2, -0.15) is 4.98 Å². The number of esters is 1. The van der Waals surface area contributed by atoms with Crippen molar-refractivity contribution >= 4 is 11.7 Å². The van der Waals surface area contributed by atoms with E-state index in [9.17, 15) is 14.9 Å². The van der Waals surface area contributed by atoms with Crippen LogP contribution in [0.15, 0.2) is 40.9 Å². The number of hydrogen-bond acceptors (Lipinski definition) is 9. The molecular formula is C22H23N3O7. The molecule has 0 saturated heterocycles. The third-order valence-corrected chi connectivity index (χ3v) is 4.63. The molecule has 10 nitrogen and oxygen atoms in total. The second-order valence-electron chi connectivity index (χ2n) is 7.07. The van der Waals surface area contributed by atoms with Crippen LogP contribution in [0.5, 0.6) is 11.5 Å². The SMILES string of the molecule is CCOc1cc(C(=O)OCc2nc(-c3ccc(C(C)C)cc3)no2)c([N+](=O)[O-])cc1OC. The highest BCUT2D eigenvalue weighted by molar-refractivity contribution is 5.95. The molecule has 0 amide bonds. The molecule has 0 atom stereocenters. The Hall–Kier alpha value is -3.95. The standard InChI is InChI=1S/C22H23N3O7/c1-5-30-19-10-16(17(25(27)28)11-18(19)29-4)22(26)31-12-20-23-21(24-32-20)15-8-6-14(7-9-15)13(2)3/h6-11,13H,5,12H2,1-4H3. The Morgan fingerprint density at radius 1 is 1.19 bits per heavy atom. The maximum atomic E-state index is 12.6. The van der Waals surface area contributed by atoms with Gasteiger partial charge in [-0.3, -0.25) is 10.1 Å². The van der Waals surface area contributed by atoms with Crippen molar-refractivity contribution in [3.63, 3.8) is 0 Å². The van der Waals surface area contributed by atoms with E-state index in [1.165, 1.54) is 18.7 Å². The first-order valence-corrected chi connectivity index (χ1v) is 9.93. The van der Waals surface area contributed by atoms with Gasteiger partial charge in [-0.15, -0.1) is 0 Å². The van der Waals surface area contributed by atoms with Crippen molar-refractivity contribution in [3.8, 4) is 22.9 Å². The van der Waals surface area contributed by atoms with Gasteiger partial charge in [0.1, 0.15) is 5.56 Å². The van der Waals surface area contributed by atoms with E-state index >= 15 is 0 Å².